The van der Waals surface area contributed by atoms with Crippen LogP contribution in [-0.2, 0) is 6.54 Å². The molecule has 1 aromatic carbocycles. The number of carbonyl (C=O) groups excluding carboxylic acids is 1. The lowest BCUT2D eigenvalue weighted by molar-refractivity contribution is 0.0952. The van der Waals surface area contributed by atoms with E-state index in [1.165, 1.54) is 0 Å². The van der Waals surface area contributed by atoms with E-state index in [-0.39, 0.29) is 5.91 Å². The third kappa shape index (κ3) is 3.05. The van der Waals surface area contributed by atoms with Gasteiger partial charge in [0, 0.05) is 31.0 Å². The molecule has 0 spiro atoms. The molecule has 0 aliphatic carbocycles. The van der Waals surface area contributed by atoms with Gasteiger partial charge in [0.1, 0.15) is 0 Å². The second-order valence-corrected chi connectivity index (χ2v) is 4.32. The lowest BCUT2D eigenvalue weighted by Gasteiger charge is -2.07. The van der Waals surface area contributed by atoms with Gasteiger partial charge in [0.15, 0.2) is 0 Å². The number of aromatic nitrogens is 1. The van der Waals surface area contributed by atoms with E-state index < -0.39 is 0 Å². The van der Waals surface area contributed by atoms with E-state index in [4.69, 9.17) is 17.3 Å². The quantitative estimate of drug-likeness (QED) is 0.831. The summed E-state index contributed by atoms with van der Waals surface area (Å²) >= 11 is 5.80. The first-order chi connectivity index (χ1) is 8.66. The lowest BCUT2D eigenvalue weighted by Crippen LogP contribution is -2.27. The minimum Gasteiger partial charge on any atom is -0.398 e. The maximum atomic E-state index is 11.8. The van der Waals surface area contributed by atoms with Crippen molar-refractivity contribution in [3.63, 3.8) is 0 Å². The zero-order valence-electron chi connectivity index (χ0n) is 9.77. The van der Waals surface area contributed by atoms with Crippen molar-refractivity contribution >= 4 is 23.2 Å². The van der Waals surface area contributed by atoms with Crippen molar-refractivity contribution in [1.82, 2.24) is 9.88 Å². The van der Waals surface area contributed by atoms with E-state index in [1.807, 2.05) is 29.1 Å². The molecule has 1 aromatic heterocycles. The average molecular weight is 264 g/mol. The average Bonchev–Trinajstić information content (AvgIpc) is 2.85. The number of hydrogen-bond donors (Lipinski definition) is 2. The van der Waals surface area contributed by atoms with Crippen LogP contribution in [0.3, 0.4) is 0 Å². The Morgan fingerprint density at radius 1 is 1.33 bits per heavy atom. The Morgan fingerprint density at radius 2 is 2.06 bits per heavy atom. The summed E-state index contributed by atoms with van der Waals surface area (Å²) in [4.78, 5) is 11.8. The molecule has 94 valence electrons. The number of carbonyl (C=O) groups is 1. The third-order valence-electron chi connectivity index (χ3n) is 2.58. The molecule has 0 aliphatic rings. The predicted octanol–water partition coefficient (Wildman–Crippen LogP) is 2.15. The van der Waals surface area contributed by atoms with Gasteiger partial charge in [-0.1, -0.05) is 11.6 Å². The zero-order valence-corrected chi connectivity index (χ0v) is 10.5. The van der Waals surface area contributed by atoms with Gasteiger partial charge in [-0.3, -0.25) is 4.79 Å². The molecular weight excluding hydrogens is 250 g/mol. The van der Waals surface area contributed by atoms with Crippen LogP contribution < -0.4 is 11.1 Å². The second-order valence-electron chi connectivity index (χ2n) is 3.91. The molecule has 2 rings (SSSR count). The van der Waals surface area contributed by atoms with Gasteiger partial charge in [0.2, 0.25) is 0 Å². The van der Waals surface area contributed by atoms with Gasteiger partial charge >= 0.3 is 0 Å². The summed E-state index contributed by atoms with van der Waals surface area (Å²) in [6, 6.07) is 8.75. The largest absolute Gasteiger partial charge is 0.398 e. The summed E-state index contributed by atoms with van der Waals surface area (Å²) in [7, 11) is 0. The first kappa shape index (κ1) is 12.5. The number of nitrogen functional groups attached to an aromatic ring is 1. The van der Waals surface area contributed by atoms with Crippen molar-refractivity contribution in [2.45, 2.75) is 6.54 Å². The minimum atomic E-state index is -0.148. The van der Waals surface area contributed by atoms with Crippen LogP contribution in [0.1, 0.15) is 10.4 Å². The van der Waals surface area contributed by atoms with Gasteiger partial charge in [0.25, 0.3) is 5.91 Å². The molecule has 0 aliphatic heterocycles. The smallest absolute Gasteiger partial charge is 0.251 e. The van der Waals surface area contributed by atoms with Gasteiger partial charge in [-0.25, -0.2) is 0 Å². The fraction of sp³-hybridized carbons (Fsp3) is 0.154. The van der Waals surface area contributed by atoms with Crippen molar-refractivity contribution in [2.24, 2.45) is 0 Å². The first-order valence-electron chi connectivity index (χ1n) is 5.61. The number of nitrogens with zero attached hydrogens (tertiary/aromatic N) is 1. The van der Waals surface area contributed by atoms with E-state index in [0.717, 1.165) is 6.54 Å². The van der Waals surface area contributed by atoms with Gasteiger partial charge in [-0.05, 0) is 30.3 Å². The normalized spacial score (nSPS) is 10.3. The maximum Gasteiger partial charge on any atom is 0.251 e. The van der Waals surface area contributed by atoms with Gasteiger partial charge in [-0.2, -0.15) is 0 Å². The Balaban J connectivity index is 1.89. The van der Waals surface area contributed by atoms with Crippen LogP contribution in [0.5, 0.6) is 0 Å². The highest BCUT2D eigenvalue weighted by atomic mass is 35.5. The number of hydrogen-bond acceptors (Lipinski definition) is 2. The lowest BCUT2D eigenvalue weighted by atomic mass is 10.2. The Labute approximate surface area is 110 Å². The second kappa shape index (κ2) is 5.60. The zero-order chi connectivity index (χ0) is 13.0. The summed E-state index contributed by atoms with van der Waals surface area (Å²) in [5, 5.41) is 3.28. The summed E-state index contributed by atoms with van der Waals surface area (Å²) in [5.74, 6) is -0.148. The van der Waals surface area contributed by atoms with Crippen molar-refractivity contribution in [2.75, 3.05) is 12.3 Å². The summed E-state index contributed by atoms with van der Waals surface area (Å²) in [5.41, 5.74) is 6.58. The van der Waals surface area contributed by atoms with E-state index in [9.17, 15) is 4.79 Å². The van der Waals surface area contributed by atoms with Crippen molar-refractivity contribution in [3.05, 3.63) is 53.3 Å². The molecule has 0 saturated heterocycles. The molecule has 2 aromatic rings. The highest BCUT2D eigenvalue weighted by Crippen LogP contribution is 2.19. The predicted molar refractivity (Wildman–Crippen MR) is 72.6 cm³/mol. The van der Waals surface area contributed by atoms with Crippen molar-refractivity contribution < 1.29 is 4.79 Å². The number of nitrogens with two attached hydrogens (primary N) is 1. The fourth-order valence-electron chi connectivity index (χ4n) is 1.60. The van der Waals surface area contributed by atoms with Crippen LogP contribution in [0, 0.1) is 0 Å². The Kier molecular flexibility index (Phi) is 3.89. The standard InChI is InChI=1S/C13H14ClN3O/c14-11-4-3-10(9-12(11)15)13(18)16-5-8-17-6-1-2-7-17/h1-4,6-7,9H,5,8,15H2,(H,16,18). The highest BCUT2D eigenvalue weighted by molar-refractivity contribution is 6.33. The number of nitrogens with one attached hydrogen (secondary N) is 1. The van der Waals surface area contributed by atoms with E-state index in [2.05, 4.69) is 5.32 Å². The first-order valence-corrected chi connectivity index (χ1v) is 5.98. The molecule has 5 heteroatoms. The molecule has 0 bridgehead atoms. The third-order valence-corrected chi connectivity index (χ3v) is 2.92. The Hall–Kier alpha value is -1.94. The van der Waals surface area contributed by atoms with Gasteiger partial charge < -0.3 is 15.6 Å². The molecule has 0 fully saturated rings. The summed E-state index contributed by atoms with van der Waals surface area (Å²) < 4.78 is 2.00. The Morgan fingerprint density at radius 3 is 2.72 bits per heavy atom. The molecular formula is C13H14ClN3O. The summed E-state index contributed by atoms with van der Waals surface area (Å²) in [6.45, 7) is 1.30. The number of amides is 1. The Bertz CT molecular complexity index is 537. The molecule has 3 N–H and O–H groups in total. The van der Waals surface area contributed by atoms with Crippen molar-refractivity contribution in [1.29, 1.82) is 0 Å². The molecule has 0 unspecified atom stereocenters. The molecule has 4 nitrogen and oxygen atoms in total. The van der Waals surface area contributed by atoms with Crippen LogP contribution in [0.25, 0.3) is 0 Å². The van der Waals surface area contributed by atoms with E-state index in [1.54, 1.807) is 18.2 Å². The molecule has 0 radical (unpaired) electrons. The van der Waals surface area contributed by atoms with E-state index >= 15 is 0 Å². The summed E-state index contributed by atoms with van der Waals surface area (Å²) in [6.07, 6.45) is 3.90. The molecule has 0 atom stereocenters. The van der Waals surface area contributed by atoms with Gasteiger partial charge in [-0.15, -0.1) is 0 Å². The molecule has 1 heterocycles. The monoisotopic (exact) mass is 263 g/mol. The number of anilines is 1. The molecule has 18 heavy (non-hydrogen) atoms. The topological polar surface area (TPSA) is 60.1 Å². The van der Waals surface area contributed by atoms with Gasteiger partial charge in [0.05, 0.1) is 10.7 Å². The minimum absolute atomic E-state index is 0.148. The number of rotatable bonds is 4. The highest BCUT2D eigenvalue weighted by Gasteiger charge is 2.06. The fourth-order valence-corrected chi connectivity index (χ4v) is 1.72. The van der Waals surface area contributed by atoms with Crippen LogP contribution in [0.15, 0.2) is 42.7 Å². The van der Waals surface area contributed by atoms with Crippen molar-refractivity contribution in [3.8, 4) is 0 Å². The van der Waals surface area contributed by atoms with Crippen LogP contribution in [0.2, 0.25) is 5.02 Å². The number of halogens is 1. The number of benzene rings is 1. The van der Waals surface area contributed by atoms with Crippen LogP contribution >= 0.6 is 11.6 Å². The van der Waals surface area contributed by atoms with Crippen LogP contribution in [0.4, 0.5) is 5.69 Å². The van der Waals surface area contributed by atoms with E-state index in [0.29, 0.717) is 22.8 Å². The molecule has 1 amide bonds. The molecule has 0 saturated carbocycles. The SMILES string of the molecule is Nc1cc(C(=O)NCCn2cccc2)ccc1Cl. The van der Waals surface area contributed by atoms with Crippen LogP contribution in [-0.4, -0.2) is 17.0 Å². The maximum absolute atomic E-state index is 11.8.